The second-order valence-electron chi connectivity index (χ2n) is 3.65. The molecule has 2 amide bonds. The Bertz CT molecular complexity index is 283. The summed E-state index contributed by atoms with van der Waals surface area (Å²) in [7, 11) is 0. The van der Waals surface area contributed by atoms with Gasteiger partial charge in [0.1, 0.15) is 0 Å². The van der Waals surface area contributed by atoms with E-state index in [-0.39, 0.29) is 11.7 Å². The first-order valence-corrected chi connectivity index (χ1v) is 6.44. The highest BCUT2D eigenvalue weighted by Crippen LogP contribution is 2.02. The summed E-state index contributed by atoms with van der Waals surface area (Å²) in [6.45, 7) is 1.95. The molecule has 0 rings (SSSR count). The van der Waals surface area contributed by atoms with Gasteiger partial charge in [0.15, 0.2) is 0 Å². The molecule has 0 heterocycles. The number of carboxylic acid groups (broad SMARTS) is 1. The predicted molar refractivity (Wildman–Crippen MR) is 65.6 cm³/mol. The number of carbonyl (C=O) groups excluding carboxylic acids is 2. The van der Waals surface area contributed by atoms with E-state index in [2.05, 4.69) is 5.32 Å². The van der Waals surface area contributed by atoms with Gasteiger partial charge in [0.25, 0.3) is 0 Å². The van der Waals surface area contributed by atoms with Gasteiger partial charge in [-0.3, -0.25) is 14.4 Å². The first-order chi connectivity index (χ1) is 7.93. The number of aliphatic carboxylic acids is 1. The molecule has 0 spiro atoms. The molecule has 0 fully saturated rings. The van der Waals surface area contributed by atoms with Crippen LogP contribution in [0, 0.1) is 5.92 Å². The molecule has 1 atom stereocenters. The summed E-state index contributed by atoms with van der Waals surface area (Å²) in [5, 5.41) is 11.2. The lowest BCUT2D eigenvalue weighted by Gasteiger charge is -2.07. The van der Waals surface area contributed by atoms with E-state index in [1.165, 1.54) is 11.8 Å². The van der Waals surface area contributed by atoms with Crippen molar-refractivity contribution in [3.8, 4) is 0 Å². The third kappa shape index (κ3) is 9.68. The molecule has 0 bridgehead atoms. The molecular weight excluding hydrogens is 244 g/mol. The zero-order valence-electron chi connectivity index (χ0n) is 9.77. The number of thioether (sulfide) groups is 1. The molecule has 7 heteroatoms. The maximum atomic E-state index is 11.3. The first kappa shape index (κ1) is 15.8. The summed E-state index contributed by atoms with van der Waals surface area (Å²) >= 11 is 1.30. The fourth-order valence-corrected chi connectivity index (χ4v) is 1.65. The zero-order chi connectivity index (χ0) is 13.3. The summed E-state index contributed by atoms with van der Waals surface area (Å²) in [6, 6.07) is 0. The van der Waals surface area contributed by atoms with Crippen molar-refractivity contribution >= 4 is 29.5 Å². The van der Waals surface area contributed by atoms with E-state index in [4.69, 9.17) is 10.8 Å². The van der Waals surface area contributed by atoms with Gasteiger partial charge < -0.3 is 16.2 Å². The third-order valence-corrected chi connectivity index (χ3v) is 3.02. The maximum Gasteiger partial charge on any atom is 0.306 e. The van der Waals surface area contributed by atoms with Crippen LogP contribution in [0.5, 0.6) is 0 Å². The molecule has 1 unspecified atom stereocenters. The van der Waals surface area contributed by atoms with E-state index < -0.39 is 17.8 Å². The van der Waals surface area contributed by atoms with Gasteiger partial charge in [0.2, 0.25) is 11.8 Å². The van der Waals surface area contributed by atoms with Gasteiger partial charge >= 0.3 is 5.97 Å². The van der Waals surface area contributed by atoms with Gasteiger partial charge in [-0.15, -0.1) is 0 Å². The lowest BCUT2D eigenvalue weighted by molar-refractivity contribution is -0.141. The topological polar surface area (TPSA) is 109 Å². The zero-order valence-corrected chi connectivity index (χ0v) is 10.6. The quantitative estimate of drug-likeness (QED) is 0.499. The van der Waals surface area contributed by atoms with Crippen molar-refractivity contribution in [2.75, 3.05) is 18.1 Å². The summed E-state index contributed by atoms with van der Waals surface area (Å²) < 4.78 is 0. The van der Waals surface area contributed by atoms with E-state index in [1.54, 1.807) is 6.92 Å². The molecule has 0 saturated heterocycles. The number of nitrogens with one attached hydrogen (secondary N) is 1. The highest BCUT2D eigenvalue weighted by molar-refractivity contribution is 7.99. The van der Waals surface area contributed by atoms with E-state index in [0.717, 1.165) is 0 Å². The Kier molecular flexibility index (Phi) is 8.21. The maximum absolute atomic E-state index is 11.3. The second-order valence-corrected chi connectivity index (χ2v) is 4.75. The highest BCUT2D eigenvalue weighted by Gasteiger charge is 2.10. The van der Waals surface area contributed by atoms with Crippen LogP contribution in [0.3, 0.4) is 0 Å². The minimum atomic E-state index is -0.865. The summed E-state index contributed by atoms with van der Waals surface area (Å²) in [4.78, 5) is 32.1. The molecule has 0 aromatic carbocycles. The standard InChI is InChI=1S/C10H18N2O4S/c1-7(10(15)16)2-4-12-9(14)3-5-17-6-8(11)13/h7H,2-6H2,1H3,(H2,11,13)(H,12,14)(H,15,16). The molecular formula is C10H18N2O4S. The first-order valence-electron chi connectivity index (χ1n) is 5.29. The van der Waals surface area contributed by atoms with E-state index in [0.29, 0.717) is 25.1 Å². The largest absolute Gasteiger partial charge is 0.481 e. The van der Waals surface area contributed by atoms with Crippen LogP contribution in [0.2, 0.25) is 0 Å². The van der Waals surface area contributed by atoms with E-state index in [1.807, 2.05) is 0 Å². The SMILES string of the molecule is CC(CCNC(=O)CCSCC(N)=O)C(=O)O. The van der Waals surface area contributed by atoms with Crippen LogP contribution >= 0.6 is 11.8 Å². The van der Waals surface area contributed by atoms with Crippen LogP contribution in [0.25, 0.3) is 0 Å². The van der Waals surface area contributed by atoms with E-state index >= 15 is 0 Å². The molecule has 6 nitrogen and oxygen atoms in total. The second kappa shape index (κ2) is 8.86. The molecule has 4 N–H and O–H groups in total. The fourth-order valence-electron chi connectivity index (χ4n) is 0.978. The van der Waals surface area contributed by atoms with Gasteiger partial charge in [0, 0.05) is 18.7 Å². The monoisotopic (exact) mass is 262 g/mol. The van der Waals surface area contributed by atoms with Gasteiger partial charge in [-0.1, -0.05) is 6.92 Å². The van der Waals surface area contributed by atoms with Crippen LogP contribution in [-0.2, 0) is 14.4 Å². The average molecular weight is 262 g/mol. The molecule has 98 valence electrons. The molecule has 0 aliphatic carbocycles. The third-order valence-electron chi connectivity index (χ3n) is 2.04. The molecule has 0 aliphatic rings. The van der Waals surface area contributed by atoms with Crippen molar-refractivity contribution < 1.29 is 19.5 Å². The number of primary amides is 1. The van der Waals surface area contributed by atoms with E-state index in [9.17, 15) is 14.4 Å². The number of amides is 2. The molecule has 17 heavy (non-hydrogen) atoms. The summed E-state index contributed by atoms with van der Waals surface area (Å²) in [5.74, 6) is -1.12. The number of rotatable bonds is 9. The van der Waals surface area contributed by atoms with Gasteiger partial charge in [-0.2, -0.15) is 11.8 Å². The Morgan fingerprint density at radius 2 is 2.06 bits per heavy atom. The Labute approximate surface area is 104 Å². The molecule has 0 aliphatic heterocycles. The predicted octanol–water partition coefficient (Wildman–Crippen LogP) is -0.178. The smallest absolute Gasteiger partial charge is 0.306 e. The van der Waals surface area contributed by atoms with Crippen molar-refractivity contribution in [3.63, 3.8) is 0 Å². The number of carboxylic acids is 1. The molecule has 0 saturated carbocycles. The summed E-state index contributed by atoms with van der Waals surface area (Å²) in [5.41, 5.74) is 4.94. The number of carbonyl (C=O) groups is 3. The van der Waals surface area contributed by atoms with Crippen molar-refractivity contribution in [2.24, 2.45) is 11.7 Å². The van der Waals surface area contributed by atoms with Crippen LogP contribution < -0.4 is 11.1 Å². The Hall–Kier alpha value is -1.24. The number of hydrogen-bond donors (Lipinski definition) is 3. The lowest BCUT2D eigenvalue weighted by Crippen LogP contribution is -2.27. The van der Waals surface area contributed by atoms with Crippen LogP contribution in [-0.4, -0.2) is 40.9 Å². The minimum Gasteiger partial charge on any atom is -0.481 e. The Balaban J connectivity index is 3.47. The number of nitrogens with two attached hydrogens (primary N) is 1. The average Bonchev–Trinajstić information content (AvgIpc) is 2.23. The molecule has 0 aromatic heterocycles. The highest BCUT2D eigenvalue weighted by atomic mass is 32.2. The van der Waals surface area contributed by atoms with Crippen molar-refractivity contribution in [1.82, 2.24) is 5.32 Å². The summed E-state index contributed by atoms with van der Waals surface area (Å²) in [6.07, 6.45) is 0.717. The Morgan fingerprint density at radius 3 is 2.59 bits per heavy atom. The number of hydrogen-bond acceptors (Lipinski definition) is 4. The lowest BCUT2D eigenvalue weighted by atomic mass is 10.1. The van der Waals surface area contributed by atoms with Crippen molar-refractivity contribution in [1.29, 1.82) is 0 Å². The molecule has 0 radical (unpaired) electrons. The fraction of sp³-hybridized carbons (Fsp3) is 0.700. The molecule has 0 aromatic rings. The van der Waals surface area contributed by atoms with Crippen LogP contribution in [0.4, 0.5) is 0 Å². The normalized spacial score (nSPS) is 11.8. The van der Waals surface area contributed by atoms with Gasteiger partial charge in [-0.05, 0) is 6.42 Å². The van der Waals surface area contributed by atoms with Gasteiger partial charge in [0.05, 0.1) is 11.7 Å². The Morgan fingerprint density at radius 1 is 1.41 bits per heavy atom. The van der Waals surface area contributed by atoms with Crippen LogP contribution in [0.15, 0.2) is 0 Å². The van der Waals surface area contributed by atoms with Gasteiger partial charge in [-0.25, -0.2) is 0 Å². The van der Waals surface area contributed by atoms with Crippen LogP contribution in [0.1, 0.15) is 19.8 Å². The van der Waals surface area contributed by atoms with Crippen molar-refractivity contribution in [3.05, 3.63) is 0 Å². The van der Waals surface area contributed by atoms with Crippen molar-refractivity contribution in [2.45, 2.75) is 19.8 Å². The minimum absolute atomic E-state index is 0.139.